The molecule has 0 atom stereocenters. The second kappa shape index (κ2) is 8.30. The maximum atomic E-state index is 16.0. The molecule has 3 heterocycles. The monoisotopic (exact) mass is 471 g/mol. The molecule has 10 heteroatoms. The summed E-state index contributed by atoms with van der Waals surface area (Å²) in [5.74, 6) is -4.03. The number of aromatic carboxylic acids is 1. The van der Waals surface area contributed by atoms with Crippen molar-refractivity contribution in [3.8, 4) is 5.69 Å². The van der Waals surface area contributed by atoms with Gasteiger partial charge in [-0.3, -0.25) is 4.79 Å². The fourth-order valence-electron chi connectivity index (χ4n) is 4.68. The number of carbonyl (C=O) groups is 1. The van der Waals surface area contributed by atoms with Crippen LogP contribution in [0.1, 0.15) is 16.8 Å². The molecule has 2 aliphatic heterocycles. The molecule has 0 fully saturated rings. The molecule has 0 aliphatic carbocycles. The van der Waals surface area contributed by atoms with E-state index in [-0.39, 0.29) is 16.9 Å². The minimum absolute atomic E-state index is 0.222. The number of pyridine rings is 1. The van der Waals surface area contributed by atoms with Crippen molar-refractivity contribution in [3.63, 3.8) is 0 Å². The van der Waals surface area contributed by atoms with E-state index < -0.39 is 39.8 Å². The molecule has 0 bridgehead atoms. The van der Waals surface area contributed by atoms with Gasteiger partial charge in [0.25, 0.3) is 0 Å². The Kier molecular flexibility index (Phi) is 5.41. The zero-order valence-corrected chi connectivity index (χ0v) is 18.1. The zero-order valence-electron chi connectivity index (χ0n) is 18.1. The standard InChI is InChI=1S/C24H20F3N3O4/c1-34-29-7-6-13-9-28(10-14(13)11-29)22-19(26)8-17-21(20(22)27)30(12-18(23(17)31)24(32)33)16-4-2-15(25)3-5-16/h2-5,8,12H,6-7,9-11H2,1H3,(H,32,33). The quantitative estimate of drug-likeness (QED) is 0.588. The van der Waals surface area contributed by atoms with E-state index in [1.807, 2.05) is 0 Å². The smallest absolute Gasteiger partial charge is 0.341 e. The van der Waals surface area contributed by atoms with Crippen molar-refractivity contribution >= 4 is 22.6 Å². The molecule has 2 aliphatic rings. The summed E-state index contributed by atoms with van der Waals surface area (Å²) < 4.78 is 45.9. The molecule has 0 amide bonds. The predicted octanol–water partition coefficient (Wildman–Crippen LogP) is 3.49. The SMILES string of the molecule is CON1CCC2=C(C1)CN(c1c(F)cc3c(=O)c(C(=O)O)cn(-c4ccc(F)cc4)c3c1F)C2. The van der Waals surface area contributed by atoms with Gasteiger partial charge in [0, 0.05) is 38.1 Å². The number of hydroxylamine groups is 2. The van der Waals surface area contributed by atoms with E-state index in [1.54, 1.807) is 17.1 Å². The van der Waals surface area contributed by atoms with Crippen LogP contribution in [0.5, 0.6) is 0 Å². The van der Waals surface area contributed by atoms with Gasteiger partial charge >= 0.3 is 5.97 Å². The number of benzene rings is 2. The summed E-state index contributed by atoms with van der Waals surface area (Å²) in [5, 5.41) is 10.8. The summed E-state index contributed by atoms with van der Waals surface area (Å²) in [6.07, 6.45) is 1.69. The third-order valence-electron chi connectivity index (χ3n) is 6.36. The first-order chi connectivity index (χ1) is 16.3. The van der Waals surface area contributed by atoms with E-state index in [0.717, 1.165) is 40.1 Å². The molecule has 0 unspecified atom stereocenters. The van der Waals surface area contributed by atoms with Crippen molar-refractivity contribution in [2.75, 3.05) is 38.2 Å². The first-order valence-electron chi connectivity index (χ1n) is 10.6. The van der Waals surface area contributed by atoms with Gasteiger partial charge in [0.2, 0.25) is 5.43 Å². The number of rotatable bonds is 4. The van der Waals surface area contributed by atoms with Crippen molar-refractivity contribution in [1.82, 2.24) is 9.63 Å². The molecule has 1 aromatic heterocycles. The van der Waals surface area contributed by atoms with Crippen molar-refractivity contribution in [3.05, 3.63) is 80.9 Å². The van der Waals surface area contributed by atoms with E-state index in [9.17, 15) is 19.1 Å². The van der Waals surface area contributed by atoms with Crippen LogP contribution >= 0.6 is 0 Å². The van der Waals surface area contributed by atoms with Gasteiger partial charge in [-0.25, -0.2) is 18.0 Å². The van der Waals surface area contributed by atoms with Crippen LogP contribution < -0.4 is 10.3 Å². The van der Waals surface area contributed by atoms with E-state index in [4.69, 9.17) is 4.84 Å². The Hall–Kier alpha value is -3.63. The van der Waals surface area contributed by atoms with Gasteiger partial charge in [-0.1, -0.05) is 0 Å². The fraction of sp³-hybridized carbons (Fsp3) is 0.250. The Morgan fingerprint density at radius 1 is 1.06 bits per heavy atom. The number of fused-ring (bicyclic) bond motifs is 1. The Morgan fingerprint density at radius 3 is 2.44 bits per heavy atom. The van der Waals surface area contributed by atoms with Crippen LogP contribution in [0, 0.1) is 17.5 Å². The van der Waals surface area contributed by atoms with Crippen molar-refractivity contribution in [1.29, 1.82) is 0 Å². The number of hydrogen-bond acceptors (Lipinski definition) is 5. The third kappa shape index (κ3) is 3.55. The van der Waals surface area contributed by atoms with Gasteiger partial charge in [-0.15, -0.1) is 0 Å². The van der Waals surface area contributed by atoms with Crippen molar-refractivity contribution in [2.24, 2.45) is 0 Å². The van der Waals surface area contributed by atoms with Gasteiger partial charge in [0.1, 0.15) is 22.9 Å². The number of nitrogens with zero attached hydrogens (tertiary/aromatic N) is 3. The van der Waals surface area contributed by atoms with Crippen LogP contribution in [-0.2, 0) is 4.84 Å². The molecular formula is C24H20F3N3O4. The van der Waals surface area contributed by atoms with Gasteiger partial charge < -0.3 is 19.4 Å². The van der Waals surface area contributed by atoms with Crippen LogP contribution in [-0.4, -0.2) is 54.0 Å². The first kappa shape index (κ1) is 22.2. The highest BCUT2D eigenvalue weighted by molar-refractivity contribution is 5.94. The molecule has 0 spiro atoms. The number of halogens is 3. The number of carboxylic acid groups (broad SMARTS) is 1. The maximum Gasteiger partial charge on any atom is 0.341 e. The second-order valence-electron chi connectivity index (χ2n) is 8.30. The minimum atomic E-state index is -1.54. The van der Waals surface area contributed by atoms with E-state index in [2.05, 4.69) is 0 Å². The largest absolute Gasteiger partial charge is 0.477 e. The van der Waals surface area contributed by atoms with Crippen molar-refractivity contribution in [2.45, 2.75) is 6.42 Å². The average Bonchev–Trinajstić information content (AvgIpc) is 3.22. The molecule has 0 saturated heterocycles. The predicted molar refractivity (Wildman–Crippen MR) is 119 cm³/mol. The number of carboxylic acids is 1. The second-order valence-corrected chi connectivity index (χ2v) is 8.30. The number of aromatic nitrogens is 1. The fourth-order valence-corrected chi connectivity index (χ4v) is 4.68. The zero-order chi connectivity index (χ0) is 24.1. The summed E-state index contributed by atoms with van der Waals surface area (Å²) >= 11 is 0. The highest BCUT2D eigenvalue weighted by Crippen LogP contribution is 2.36. The number of anilines is 1. The van der Waals surface area contributed by atoms with Crippen LogP contribution in [0.15, 0.2) is 52.5 Å². The normalized spacial score (nSPS) is 16.4. The Balaban J connectivity index is 1.70. The molecule has 176 valence electrons. The maximum absolute atomic E-state index is 16.0. The highest BCUT2D eigenvalue weighted by atomic mass is 19.1. The van der Waals surface area contributed by atoms with Crippen molar-refractivity contribution < 1.29 is 27.9 Å². The molecule has 7 nitrogen and oxygen atoms in total. The lowest BCUT2D eigenvalue weighted by Crippen LogP contribution is -2.30. The summed E-state index contributed by atoms with van der Waals surface area (Å²) in [5.41, 5.74) is 0.0974. The lowest BCUT2D eigenvalue weighted by atomic mass is 10.0. The van der Waals surface area contributed by atoms with Crippen LogP contribution in [0.3, 0.4) is 0 Å². The third-order valence-corrected chi connectivity index (χ3v) is 6.36. The Bertz CT molecular complexity index is 1420. The van der Waals surface area contributed by atoms with E-state index >= 15 is 8.78 Å². The van der Waals surface area contributed by atoms with E-state index in [1.165, 1.54) is 12.1 Å². The highest BCUT2D eigenvalue weighted by Gasteiger charge is 2.32. The molecule has 2 aromatic carbocycles. The lowest BCUT2D eigenvalue weighted by molar-refractivity contribution is -0.126. The average molecular weight is 471 g/mol. The Morgan fingerprint density at radius 2 is 1.76 bits per heavy atom. The van der Waals surface area contributed by atoms with Gasteiger partial charge in [-0.2, -0.15) is 5.06 Å². The summed E-state index contributed by atoms with van der Waals surface area (Å²) in [6, 6.07) is 5.77. The van der Waals surface area contributed by atoms with Gasteiger partial charge in [-0.05, 0) is 47.9 Å². The molecule has 0 radical (unpaired) electrons. The van der Waals surface area contributed by atoms with E-state index in [0.29, 0.717) is 32.6 Å². The topological polar surface area (TPSA) is 75.0 Å². The molecule has 5 rings (SSSR count). The summed E-state index contributed by atoms with van der Waals surface area (Å²) in [7, 11) is 1.57. The van der Waals surface area contributed by atoms with Crippen LogP contribution in [0.2, 0.25) is 0 Å². The van der Waals surface area contributed by atoms with Gasteiger partial charge in [0.15, 0.2) is 5.82 Å². The molecule has 3 aromatic rings. The summed E-state index contributed by atoms with van der Waals surface area (Å²) in [6.45, 7) is 1.83. The number of hydrogen-bond donors (Lipinski definition) is 1. The summed E-state index contributed by atoms with van der Waals surface area (Å²) in [4.78, 5) is 31.3. The molecular weight excluding hydrogens is 451 g/mol. The molecule has 1 N–H and O–H groups in total. The first-order valence-corrected chi connectivity index (χ1v) is 10.6. The molecule has 34 heavy (non-hydrogen) atoms. The minimum Gasteiger partial charge on any atom is -0.477 e. The molecule has 0 saturated carbocycles. The lowest BCUT2D eigenvalue weighted by Gasteiger charge is -2.25. The Labute approximate surface area is 191 Å². The van der Waals surface area contributed by atoms with Crippen LogP contribution in [0.25, 0.3) is 16.6 Å². The van der Waals surface area contributed by atoms with Crippen LogP contribution in [0.4, 0.5) is 18.9 Å². The van der Waals surface area contributed by atoms with Gasteiger partial charge in [0.05, 0.1) is 18.0 Å².